The molecule has 8 heteroatoms. The lowest BCUT2D eigenvalue weighted by Gasteiger charge is -2.27. The Morgan fingerprint density at radius 3 is 2.87 bits per heavy atom. The van der Waals surface area contributed by atoms with E-state index in [1.807, 2.05) is 19.1 Å². The highest BCUT2D eigenvalue weighted by Crippen LogP contribution is 2.56. The summed E-state index contributed by atoms with van der Waals surface area (Å²) in [7, 11) is 0. The Morgan fingerprint density at radius 1 is 1.23 bits per heavy atom. The predicted molar refractivity (Wildman–Crippen MR) is 108 cm³/mol. The molecule has 2 aliphatic rings. The number of benzene rings is 1. The molecule has 2 saturated carbocycles. The largest absolute Gasteiger partial charge is 0.352 e. The van der Waals surface area contributed by atoms with Gasteiger partial charge < -0.3 is 9.84 Å². The van der Waals surface area contributed by atoms with Crippen LogP contribution >= 0.6 is 11.3 Å². The first-order valence-corrected chi connectivity index (χ1v) is 10.9. The Hall–Kier alpha value is -2.61. The lowest BCUT2D eigenvalue weighted by molar-refractivity contribution is -0.127. The van der Waals surface area contributed by atoms with Crippen LogP contribution in [0.2, 0.25) is 0 Å². The molecule has 0 unspecified atom stereocenters. The average molecular weight is 429 g/mol. The van der Waals surface area contributed by atoms with E-state index in [4.69, 9.17) is 4.52 Å². The fourth-order valence-corrected chi connectivity index (χ4v) is 5.83. The minimum absolute atomic E-state index is 0.0490. The second kappa shape index (κ2) is 7.58. The fourth-order valence-electron chi connectivity index (χ4n) is 5.03. The van der Waals surface area contributed by atoms with Crippen molar-refractivity contribution in [2.75, 3.05) is 0 Å². The Bertz CT molecular complexity index is 1100. The standard InChI is InChI=1S/C22H21F2N3O2S/c1-11-5-8-16(30-11)20-26-22(29-27-20)18-13-7-6-12(9-13)17(18)21(28)25-10-14-3-2-4-15(23)19(14)24/h2-5,8,12-13,17-18H,6-7,9-10H2,1H3,(H,25,28)/t12-,13+,17-,18-/m0/s1. The molecule has 2 fully saturated rings. The molecule has 0 saturated heterocycles. The van der Waals surface area contributed by atoms with Crippen molar-refractivity contribution in [3.05, 3.63) is 58.3 Å². The molecule has 3 aromatic rings. The Labute approximate surface area is 176 Å². The van der Waals surface area contributed by atoms with Crippen molar-refractivity contribution >= 4 is 17.2 Å². The highest BCUT2D eigenvalue weighted by Gasteiger charge is 2.53. The molecular weight excluding hydrogens is 408 g/mol. The lowest BCUT2D eigenvalue weighted by Crippen LogP contribution is -2.37. The first-order chi connectivity index (χ1) is 14.5. The van der Waals surface area contributed by atoms with E-state index >= 15 is 0 Å². The molecule has 5 rings (SSSR count). The Kier molecular flexibility index (Phi) is 4.89. The molecule has 156 valence electrons. The Balaban J connectivity index is 1.35. The maximum Gasteiger partial charge on any atom is 0.231 e. The van der Waals surface area contributed by atoms with Gasteiger partial charge >= 0.3 is 0 Å². The van der Waals surface area contributed by atoms with Crippen molar-refractivity contribution in [3.8, 4) is 10.7 Å². The highest BCUT2D eigenvalue weighted by molar-refractivity contribution is 7.15. The van der Waals surface area contributed by atoms with Crippen molar-refractivity contribution in [1.29, 1.82) is 0 Å². The van der Waals surface area contributed by atoms with Gasteiger partial charge in [0.1, 0.15) is 0 Å². The third-order valence-corrected chi connectivity index (χ3v) is 7.39. The van der Waals surface area contributed by atoms with Crippen LogP contribution in [0.3, 0.4) is 0 Å². The van der Waals surface area contributed by atoms with Crippen LogP contribution in [0.5, 0.6) is 0 Å². The van der Waals surface area contributed by atoms with Gasteiger partial charge in [0.2, 0.25) is 17.6 Å². The van der Waals surface area contributed by atoms with Crippen LogP contribution in [-0.4, -0.2) is 16.0 Å². The third kappa shape index (κ3) is 3.33. The molecule has 0 radical (unpaired) electrons. The summed E-state index contributed by atoms with van der Waals surface area (Å²) >= 11 is 1.60. The van der Waals surface area contributed by atoms with Gasteiger partial charge in [-0.1, -0.05) is 17.3 Å². The zero-order valence-corrected chi connectivity index (χ0v) is 17.2. The molecule has 30 heavy (non-hydrogen) atoms. The van der Waals surface area contributed by atoms with E-state index in [0.717, 1.165) is 35.1 Å². The second-order valence-electron chi connectivity index (χ2n) is 8.18. The summed E-state index contributed by atoms with van der Waals surface area (Å²) in [6, 6.07) is 7.95. The Morgan fingerprint density at radius 2 is 2.07 bits per heavy atom. The molecule has 2 aromatic heterocycles. The lowest BCUT2D eigenvalue weighted by atomic mass is 9.78. The molecule has 1 amide bonds. The summed E-state index contributed by atoms with van der Waals surface area (Å²) in [6.07, 6.45) is 2.97. The molecule has 2 heterocycles. The summed E-state index contributed by atoms with van der Waals surface area (Å²) < 4.78 is 33.0. The van der Waals surface area contributed by atoms with Crippen molar-refractivity contribution in [3.63, 3.8) is 0 Å². The van der Waals surface area contributed by atoms with Gasteiger partial charge in [0.15, 0.2) is 11.6 Å². The van der Waals surface area contributed by atoms with Gasteiger partial charge in [-0.15, -0.1) is 11.3 Å². The van der Waals surface area contributed by atoms with Gasteiger partial charge in [-0.2, -0.15) is 4.98 Å². The molecule has 4 atom stereocenters. The normalized spacial score (nSPS) is 25.0. The van der Waals surface area contributed by atoms with Crippen molar-refractivity contribution in [2.24, 2.45) is 17.8 Å². The SMILES string of the molecule is Cc1ccc(-c2noc([C@H]3[C@@H]4CC[C@@H](C4)[C@@H]3C(=O)NCc3cccc(F)c3F)n2)s1. The van der Waals surface area contributed by atoms with E-state index in [9.17, 15) is 13.6 Å². The number of rotatable bonds is 5. The number of carbonyl (C=O) groups is 1. The van der Waals surface area contributed by atoms with Crippen molar-refractivity contribution in [1.82, 2.24) is 15.5 Å². The quantitative estimate of drug-likeness (QED) is 0.631. The number of hydrogen-bond donors (Lipinski definition) is 1. The van der Waals surface area contributed by atoms with Crippen LogP contribution in [0.1, 0.15) is 41.5 Å². The highest BCUT2D eigenvalue weighted by atomic mass is 32.1. The van der Waals surface area contributed by atoms with E-state index in [0.29, 0.717) is 17.6 Å². The third-order valence-electron chi connectivity index (χ3n) is 6.39. The number of carbonyl (C=O) groups excluding carboxylic acids is 1. The van der Waals surface area contributed by atoms with Gasteiger partial charge in [0.05, 0.1) is 16.7 Å². The zero-order valence-electron chi connectivity index (χ0n) is 16.4. The van der Waals surface area contributed by atoms with Crippen LogP contribution in [0.15, 0.2) is 34.9 Å². The molecule has 0 aliphatic heterocycles. The number of fused-ring (bicyclic) bond motifs is 2. The summed E-state index contributed by atoms with van der Waals surface area (Å²) in [4.78, 5) is 19.8. The number of nitrogens with one attached hydrogen (secondary N) is 1. The van der Waals surface area contributed by atoms with Gasteiger partial charge in [0.25, 0.3) is 0 Å². The number of hydrogen-bond acceptors (Lipinski definition) is 5. The summed E-state index contributed by atoms with van der Waals surface area (Å²) in [5.41, 5.74) is 0.135. The van der Waals surface area contributed by atoms with E-state index in [2.05, 4.69) is 15.5 Å². The van der Waals surface area contributed by atoms with Crippen LogP contribution in [-0.2, 0) is 11.3 Å². The van der Waals surface area contributed by atoms with Crippen LogP contribution in [0, 0.1) is 36.3 Å². The smallest absolute Gasteiger partial charge is 0.231 e. The van der Waals surface area contributed by atoms with Gasteiger partial charge in [-0.25, -0.2) is 8.78 Å². The number of halogens is 2. The van der Waals surface area contributed by atoms with E-state index < -0.39 is 11.6 Å². The second-order valence-corrected chi connectivity index (χ2v) is 9.47. The van der Waals surface area contributed by atoms with Crippen molar-refractivity contribution in [2.45, 2.75) is 38.6 Å². The number of amides is 1. The summed E-state index contributed by atoms with van der Waals surface area (Å²) in [6.45, 7) is 1.97. The number of aromatic nitrogens is 2. The van der Waals surface area contributed by atoms with Crippen LogP contribution < -0.4 is 5.32 Å². The summed E-state index contributed by atoms with van der Waals surface area (Å²) in [5.74, 6) is -0.805. The number of nitrogens with zero attached hydrogens (tertiary/aromatic N) is 2. The zero-order chi connectivity index (χ0) is 20.8. The van der Waals surface area contributed by atoms with E-state index in [-0.39, 0.29) is 35.8 Å². The fraction of sp³-hybridized carbons (Fsp3) is 0.409. The van der Waals surface area contributed by atoms with Crippen molar-refractivity contribution < 1.29 is 18.1 Å². The first kappa shape index (κ1) is 19.4. The van der Waals surface area contributed by atoms with Gasteiger partial charge in [0, 0.05) is 17.0 Å². The first-order valence-electron chi connectivity index (χ1n) is 10.1. The maximum atomic E-state index is 13.9. The molecule has 2 aliphatic carbocycles. The predicted octanol–water partition coefficient (Wildman–Crippen LogP) is 4.83. The van der Waals surface area contributed by atoms with Gasteiger partial charge in [-0.3, -0.25) is 4.79 Å². The minimum Gasteiger partial charge on any atom is -0.352 e. The number of aryl methyl sites for hydroxylation is 1. The maximum absolute atomic E-state index is 13.9. The monoisotopic (exact) mass is 429 g/mol. The molecular formula is C22H21F2N3O2S. The molecule has 1 N–H and O–H groups in total. The molecule has 0 spiro atoms. The van der Waals surface area contributed by atoms with E-state index in [1.54, 1.807) is 11.3 Å². The minimum atomic E-state index is -0.921. The average Bonchev–Trinajstić information content (AvgIpc) is 3.51. The molecule has 1 aromatic carbocycles. The topological polar surface area (TPSA) is 68.0 Å². The van der Waals surface area contributed by atoms with Gasteiger partial charge in [-0.05, 0) is 56.2 Å². The molecule has 2 bridgehead atoms. The number of thiophene rings is 1. The van der Waals surface area contributed by atoms with Crippen LogP contribution in [0.25, 0.3) is 10.7 Å². The van der Waals surface area contributed by atoms with E-state index in [1.165, 1.54) is 12.1 Å². The molecule has 5 nitrogen and oxygen atoms in total. The summed E-state index contributed by atoms with van der Waals surface area (Å²) in [5, 5.41) is 6.94. The van der Waals surface area contributed by atoms with Crippen LogP contribution in [0.4, 0.5) is 8.78 Å².